The number of nitrogens with zero attached hydrogens (tertiary/aromatic N) is 4. The van der Waals surface area contributed by atoms with Gasteiger partial charge in [-0.1, -0.05) is 35.9 Å². The van der Waals surface area contributed by atoms with Crippen LogP contribution in [0.15, 0.2) is 47.5 Å². The van der Waals surface area contributed by atoms with E-state index in [0.717, 1.165) is 56.5 Å². The molecular formula is C27H40N6. The monoisotopic (exact) mass is 448 g/mol. The van der Waals surface area contributed by atoms with Crippen LogP contribution in [0.1, 0.15) is 42.5 Å². The van der Waals surface area contributed by atoms with E-state index in [9.17, 15) is 0 Å². The number of benzene rings is 1. The molecule has 0 saturated carbocycles. The van der Waals surface area contributed by atoms with Crippen molar-refractivity contribution in [3.05, 3.63) is 59.3 Å². The van der Waals surface area contributed by atoms with Gasteiger partial charge in [-0.2, -0.15) is 0 Å². The summed E-state index contributed by atoms with van der Waals surface area (Å²) in [5.74, 6) is 2.76. The van der Waals surface area contributed by atoms with E-state index in [0.29, 0.717) is 12.0 Å². The maximum atomic E-state index is 4.68. The number of anilines is 1. The second kappa shape index (κ2) is 11.5. The molecule has 0 radical (unpaired) electrons. The number of aliphatic imine (C=N–C) groups is 1. The van der Waals surface area contributed by atoms with Crippen molar-refractivity contribution in [2.24, 2.45) is 10.9 Å². The van der Waals surface area contributed by atoms with E-state index in [-0.39, 0.29) is 0 Å². The van der Waals surface area contributed by atoms with Crippen LogP contribution in [-0.2, 0) is 6.54 Å². The van der Waals surface area contributed by atoms with Crippen LogP contribution in [-0.4, -0.2) is 61.7 Å². The average molecular weight is 449 g/mol. The summed E-state index contributed by atoms with van der Waals surface area (Å²) < 4.78 is 0. The minimum absolute atomic E-state index is 0.466. The Morgan fingerprint density at radius 1 is 0.970 bits per heavy atom. The molecule has 0 spiro atoms. The summed E-state index contributed by atoms with van der Waals surface area (Å²) >= 11 is 0. The van der Waals surface area contributed by atoms with Gasteiger partial charge in [0.1, 0.15) is 5.82 Å². The van der Waals surface area contributed by atoms with Crippen LogP contribution in [0.25, 0.3) is 0 Å². The Balaban J connectivity index is 1.15. The number of aryl methyl sites for hydroxylation is 2. The molecule has 2 N–H and O–H groups in total. The van der Waals surface area contributed by atoms with E-state index in [1.165, 1.54) is 37.1 Å². The van der Waals surface area contributed by atoms with Gasteiger partial charge in [-0.25, -0.2) is 4.98 Å². The second-order valence-corrected chi connectivity index (χ2v) is 9.70. The maximum absolute atomic E-state index is 4.68. The SMILES string of the molecule is CN=C(NCC1CCN(Cc2ccc(C)cc2)CC1)NC1CCN(c2cccc(C)n2)CC1. The molecule has 1 aromatic carbocycles. The Kier molecular flexibility index (Phi) is 8.21. The highest BCUT2D eigenvalue weighted by Crippen LogP contribution is 2.20. The molecule has 0 unspecified atom stereocenters. The van der Waals surface area contributed by atoms with Crippen molar-refractivity contribution in [2.75, 3.05) is 44.7 Å². The molecule has 2 saturated heterocycles. The highest BCUT2D eigenvalue weighted by molar-refractivity contribution is 5.80. The number of guanidine groups is 1. The molecule has 33 heavy (non-hydrogen) atoms. The van der Waals surface area contributed by atoms with E-state index in [1.54, 1.807) is 0 Å². The van der Waals surface area contributed by atoms with E-state index >= 15 is 0 Å². The van der Waals surface area contributed by atoms with E-state index in [2.05, 4.69) is 86.7 Å². The van der Waals surface area contributed by atoms with Gasteiger partial charge in [0.25, 0.3) is 0 Å². The van der Waals surface area contributed by atoms with Crippen LogP contribution in [0.3, 0.4) is 0 Å². The number of likely N-dealkylation sites (tertiary alicyclic amines) is 1. The first-order chi connectivity index (χ1) is 16.1. The quantitative estimate of drug-likeness (QED) is 0.521. The zero-order valence-electron chi connectivity index (χ0n) is 20.6. The number of piperidine rings is 2. The topological polar surface area (TPSA) is 55.8 Å². The molecular weight excluding hydrogens is 408 g/mol. The molecule has 6 heteroatoms. The second-order valence-electron chi connectivity index (χ2n) is 9.70. The van der Waals surface area contributed by atoms with Crippen molar-refractivity contribution in [1.82, 2.24) is 20.5 Å². The molecule has 1 aromatic heterocycles. The largest absolute Gasteiger partial charge is 0.356 e. The lowest BCUT2D eigenvalue weighted by Gasteiger charge is -2.35. The number of pyridine rings is 1. The third-order valence-corrected chi connectivity index (χ3v) is 7.05. The Bertz CT molecular complexity index is 893. The van der Waals surface area contributed by atoms with Crippen LogP contribution < -0.4 is 15.5 Å². The van der Waals surface area contributed by atoms with Gasteiger partial charge in [0.05, 0.1) is 0 Å². The average Bonchev–Trinajstić information content (AvgIpc) is 2.84. The fourth-order valence-corrected chi connectivity index (χ4v) is 4.89. The third kappa shape index (κ3) is 6.94. The summed E-state index contributed by atoms with van der Waals surface area (Å²) in [6.07, 6.45) is 4.71. The molecule has 3 heterocycles. The Hall–Kier alpha value is -2.60. The zero-order valence-corrected chi connectivity index (χ0v) is 20.6. The molecule has 178 valence electrons. The summed E-state index contributed by atoms with van der Waals surface area (Å²) in [7, 11) is 1.88. The standard InChI is InChI=1S/C27H40N6/c1-21-7-9-24(10-8-21)20-32-15-11-23(12-16-32)19-29-27(28-3)31-25-13-17-33(18-14-25)26-6-4-5-22(2)30-26/h4-10,23,25H,11-20H2,1-3H3,(H2,28,29,31). The number of aromatic nitrogens is 1. The Labute approximate surface area is 199 Å². The highest BCUT2D eigenvalue weighted by atomic mass is 15.2. The summed E-state index contributed by atoms with van der Waals surface area (Å²) in [5, 5.41) is 7.26. The smallest absolute Gasteiger partial charge is 0.191 e. The van der Waals surface area contributed by atoms with Gasteiger partial charge < -0.3 is 15.5 Å². The van der Waals surface area contributed by atoms with Crippen molar-refractivity contribution in [1.29, 1.82) is 0 Å². The molecule has 2 aliphatic rings. The molecule has 0 atom stereocenters. The fraction of sp³-hybridized carbons (Fsp3) is 0.556. The normalized spacial score (nSPS) is 19.0. The van der Waals surface area contributed by atoms with Crippen molar-refractivity contribution >= 4 is 11.8 Å². The van der Waals surface area contributed by atoms with E-state index in [4.69, 9.17) is 0 Å². The fourth-order valence-electron chi connectivity index (χ4n) is 4.89. The summed E-state index contributed by atoms with van der Waals surface area (Å²) in [5.41, 5.74) is 3.84. The van der Waals surface area contributed by atoms with Gasteiger partial charge in [-0.3, -0.25) is 9.89 Å². The molecule has 0 amide bonds. The van der Waals surface area contributed by atoms with Crippen molar-refractivity contribution in [3.8, 4) is 0 Å². The minimum atomic E-state index is 0.466. The minimum Gasteiger partial charge on any atom is -0.356 e. The molecule has 0 bridgehead atoms. The molecule has 6 nitrogen and oxygen atoms in total. The lowest BCUT2D eigenvalue weighted by Crippen LogP contribution is -2.50. The van der Waals surface area contributed by atoms with Crippen molar-refractivity contribution in [3.63, 3.8) is 0 Å². The summed E-state index contributed by atoms with van der Waals surface area (Å²) in [6.45, 7) is 10.7. The van der Waals surface area contributed by atoms with Crippen LogP contribution in [0.5, 0.6) is 0 Å². The predicted octanol–water partition coefficient (Wildman–Crippen LogP) is 3.74. The molecule has 2 aliphatic heterocycles. The van der Waals surface area contributed by atoms with Crippen molar-refractivity contribution < 1.29 is 0 Å². The lowest BCUT2D eigenvalue weighted by molar-refractivity contribution is 0.178. The van der Waals surface area contributed by atoms with Crippen LogP contribution >= 0.6 is 0 Å². The highest BCUT2D eigenvalue weighted by Gasteiger charge is 2.22. The Morgan fingerprint density at radius 3 is 2.36 bits per heavy atom. The van der Waals surface area contributed by atoms with Gasteiger partial charge >= 0.3 is 0 Å². The van der Waals surface area contributed by atoms with Crippen LogP contribution in [0.2, 0.25) is 0 Å². The first-order valence-electron chi connectivity index (χ1n) is 12.5. The summed E-state index contributed by atoms with van der Waals surface area (Å²) in [6, 6.07) is 15.7. The number of rotatable bonds is 6. The van der Waals surface area contributed by atoms with Gasteiger partial charge in [0.2, 0.25) is 0 Å². The first-order valence-corrected chi connectivity index (χ1v) is 12.5. The Morgan fingerprint density at radius 2 is 1.70 bits per heavy atom. The zero-order chi connectivity index (χ0) is 23.0. The molecule has 2 aromatic rings. The molecule has 4 rings (SSSR count). The van der Waals surface area contributed by atoms with Crippen LogP contribution in [0.4, 0.5) is 5.82 Å². The van der Waals surface area contributed by atoms with Gasteiger partial charge in [-0.05, 0) is 76.2 Å². The van der Waals surface area contributed by atoms with Crippen LogP contribution in [0, 0.1) is 19.8 Å². The third-order valence-electron chi connectivity index (χ3n) is 7.05. The lowest BCUT2D eigenvalue weighted by atomic mass is 9.96. The number of hydrogen-bond acceptors (Lipinski definition) is 4. The molecule has 2 fully saturated rings. The van der Waals surface area contributed by atoms with Crippen molar-refractivity contribution in [2.45, 2.75) is 52.1 Å². The maximum Gasteiger partial charge on any atom is 0.191 e. The predicted molar refractivity (Wildman–Crippen MR) is 138 cm³/mol. The first kappa shape index (κ1) is 23.6. The number of nitrogens with one attached hydrogen (secondary N) is 2. The van der Waals surface area contributed by atoms with Gasteiger partial charge in [-0.15, -0.1) is 0 Å². The van der Waals surface area contributed by atoms with Gasteiger partial charge in [0.15, 0.2) is 5.96 Å². The van der Waals surface area contributed by atoms with E-state index in [1.807, 2.05) is 7.05 Å². The van der Waals surface area contributed by atoms with E-state index < -0.39 is 0 Å². The molecule has 0 aliphatic carbocycles. The summed E-state index contributed by atoms with van der Waals surface area (Å²) in [4.78, 5) is 14.2. The number of hydrogen-bond donors (Lipinski definition) is 2. The van der Waals surface area contributed by atoms with Gasteiger partial charge in [0, 0.05) is 45.0 Å².